The van der Waals surface area contributed by atoms with E-state index in [2.05, 4.69) is 33.0 Å². The van der Waals surface area contributed by atoms with Crippen LogP contribution in [0.5, 0.6) is 0 Å². The van der Waals surface area contributed by atoms with Crippen LogP contribution in [0.1, 0.15) is 59.8 Å². The van der Waals surface area contributed by atoms with Crippen molar-refractivity contribution in [1.82, 2.24) is 5.32 Å². The maximum Gasteiger partial charge on any atom is 0.0807 e. The van der Waals surface area contributed by atoms with E-state index in [9.17, 15) is 5.11 Å². The fraction of sp³-hybridized carbons (Fsp3) is 1.00. The molecule has 4 unspecified atom stereocenters. The van der Waals surface area contributed by atoms with Crippen LogP contribution in [0.15, 0.2) is 0 Å². The van der Waals surface area contributed by atoms with E-state index in [4.69, 9.17) is 0 Å². The average molecular weight is 239 g/mol. The first kappa shape index (κ1) is 13.4. The van der Waals surface area contributed by atoms with Crippen LogP contribution >= 0.6 is 0 Å². The Kier molecular flexibility index (Phi) is 3.57. The van der Waals surface area contributed by atoms with Gasteiger partial charge in [0.15, 0.2) is 0 Å². The first-order chi connectivity index (χ1) is 7.81. The maximum absolute atomic E-state index is 11.1. The van der Waals surface area contributed by atoms with Gasteiger partial charge in [0.05, 0.1) is 5.60 Å². The number of nitrogens with one attached hydrogen (secondary N) is 1. The molecule has 2 aliphatic rings. The quantitative estimate of drug-likeness (QED) is 0.737. The molecule has 2 rings (SSSR count). The van der Waals surface area contributed by atoms with Crippen molar-refractivity contribution in [3.8, 4) is 0 Å². The van der Waals surface area contributed by atoms with E-state index in [0.29, 0.717) is 12.0 Å². The number of aliphatic hydroxyl groups is 1. The Labute approximate surface area is 106 Å². The highest BCUT2D eigenvalue weighted by molar-refractivity contribution is 5.01. The Morgan fingerprint density at radius 3 is 2.41 bits per heavy atom. The molecule has 0 aromatic carbocycles. The van der Waals surface area contributed by atoms with Crippen molar-refractivity contribution in [3.63, 3.8) is 0 Å². The fourth-order valence-corrected chi connectivity index (χ4v) is 4.37. The second-order valence-corrected chi connectivity index (χ2v) is 7.59. The molecule has 1 saturated carbocycles. The fourth-order valence-electron chi connectivity index (χ4n) is 4.37. The van der Waals surface area contributed by atoms with Crippen LogP contribution in [0.2, 0.25) is 0 Å². The van der Waals surface area contributed by atoms with Gasteiger partial charge in [-0.3, -0.25) is 0 Å². The lowest BCUT2D eigenvalue weighted by atomic mass is 9.62. The Bertz CT molecular complexity index is 276. The van der Waals surface area contributed by atoms with E-state index in [1.807, 2.05) is 0 Å². The number of hydrogen-bond donors (Lipinski definition) is 2. The first-order valence-corrected chi connectivity index (χ1v) is 7.26. The van der Waals surface area contributed by atoms with Gasteiger partial charge < -0.3 is 10.4 Å². The molecular weight excluding hydrogens is 210 g/mol. The third-order valence-electron chi connectivity index (χ3n) is 4.70. The summed E-state index contributed by atoms with van der Waals surface area (Å²) in [4.78, 5) is 0. The van der Waals surface area contributed by atoms with Crippen molar-refractivity contribution in [2.45, 2.75) is 71.4 Å². The molecule has 1 saturated heterocycles. The van der Waals surface area contributed by atoms with Crippen LogP contribution in [0.4, 0.5) is 0 Å². The molecule has 4 atom stereocenters. The van der Waals surface area contributed by atoms with Gasteiger partial charge in [0, 0.05) is 6.04 Å². The number of piperidine rings is 1. The Morgan fingerprint density at radius 2 is 1.82 bits per heavy atom. The molecule has 2 nitrogen and oxygen atoms in total. The molecule has 0 spiro atoms. The third kappa shape index (κ3) is 3.03. The topological polar surface area (TPSA) is 32.3 Å². The van der Waals surface area contributed by atoms with Crippen LogP contribution in [0.3, 0.4) is 0 Å². The van der Waals surface area contributed by atoms with Crippen LogP contribution in [0, 0.1) is 17.3 Å². The average Bonchev–Trinajstić information content (AvgIpc) is 2.13. The van der Waals surface area contributed by atoms with Crippen LogP contribution in [-0.4, -0.2) is 23.3 Å². The van der Waals surface area contributed by atoms with E-state index in [-0.39, 0.29) is 5.41 Å². The second-order valence-electron chi connectivity index (χ2n) is 7.59. The minimum absolute atomic E-state index is 0.286. The molecule has 1 aliphatic heterocycles. The first-order valence-electron chi connectivity index (χ1n) is 7.26. The van der Waals surface area contributed by atoms with Crippen LogP contribution in [0.25, 0.3) is 0 Å². The van der Waals surface area contributed by atoms with E-state index >= 15 is 0 Å². The molecule has 2 fully saturated rings. The molecule has 2 N–H and O–H groups in total. The van der Waals surface area contributed by atoms with Gasteiger partial charge in [0.1, 0.15) is 0 Å². The predicted octanol–water partition coefficient (Wildman–Crippen LogP) is 2.95. The summed E-state index contributed by atoms with van der Waals surface area (Å²) >= 11 is 0. The van der Waals surface area contributed by atoms with Gasteiger partial charge in [-0.25, -0.2) is 0 Å². The smallest absolute Gasteiger partial charge is 0.0807 e. The van der Waals surface area contributed by atoms with Crippen LogP contribution in [-0.2, 0) is 0 Å². The highest BCUT2D eigenvalue weighted by Crippen LogP contribution is 2.46. The van der Waals surface area contributed by atoms with Crippen molar-refractivity contribution in [2.24, 2.45) is 17.3 Å². The van der Waals surface area contributed by atoms with Gasteiger partial charge in [-0.2, -0.15) is 0 Å². The molecule has 0 bridgehead atoms. The lowest BCUT2D eigenvalue weighted by Gasteiger charge is -2.50. The second kappa shape index (κ2) is 4.55. The zero-order chi connectivity index (χ0) is 12.7. The van der Waals surface area contributed by atoms with E-state index in [1.165, 1.54) is 12.8 Å². The molecule has 0 radical (unpaired) electrons. The Morgan fingerprint density at radius 1 is 1.12 bits per heavy atom. The van der Waals surface area contributed by atoms with Gasteiger partial charge in [0.25, 0.3) is 0 Å². The molecule has 0 aromatic rings. The van der Waals surface area contributed by atoms with Crippen molar-refractivity contribution < 1.29 is 5.11 Å². The highest BCUT2D eigenvalue weighted by atomic mass is 16.3. The molecule has 1 aliphatic carbocycles. The molecule has 17 heavy (non-hydrogen) atoms. The third-order valence-corrected chi connectivity index (χ3v) is 4.70. The minimum atomic E-state index is -0.476. The Hall–Kier alpha value is -0.0800. The van der Waals surface area contributed by atoms with Crippen molar-refractivity contribution in [3.05, 3.63) is 0 Å². The predicted molar refractivity (Wildman–Crippen MR) is 71.9 cm³/mol. The lowest BCUT2D eigenvalue weighted by Crippen LogP contribution is -2.58. The highest BCUT2D eigenvalue weighted by Gasteiger charge is 2.47. The summed E-state index contributed by atoms with van der Waals surface area (Å²) in [6.07, 6.45) is 5.57. The van der Waals surface area contributed by atoms with Gasteiger partial charge in [0.2, 0.25) is 0 Å². The summed E-state index contributed by atoms with van der Waals surface area (Å²) in [5, 5.41) is 14.6. The zero-order valence-electron chi connectivity index (χ0n) is 11.9. The minimum Gasteiger partial charge on any atom is -0.388 e. The van der Waals surface area contributed by atoms with Crippen molar-refractivity contribution >= 4 is 0 Å². The largest absolute Gasteiger partial charge is 0.388 e. The molecule has 0 amide bonds. The molecular formula is C15H29NO. The standard InChI is InChI=1S/C15H29NO/c1-11-5-6-16-13(7-11)15(17)9-12(2)8-14(3,4)10-15/h11-13,16-17H,5-10H2,1-4H3. The molecule has 100 valence electrons. The summed E-state index contributed by atoms with van der Waals surface area (Å²) in [5.74, 6) is 1.40. The Balaban J connectivity index is 2.11. The maximum atomic E-state index is 11.1. The van der Waals surface area contributed by atoms with Gasteiger partial charge in [-0.05, 0) is 55.9 Å². The summed E-state index contributed by atoms with van der Waals surface area (Å²) in [5.41, 5.74) is -0.190. The van der Waals surface area contributed by atoms with Gasteiger partial charge >= 0.3 is 0 Å². The van der Waals surface area contributed by atoms with E-state index in [0.717, 1.165) is 31.7 Å². The monoisotopic (exact) mass is 239 g/mol. The van der Waals surface area contributed by atoms with Crippen molar-refractivity contribution in [2.75, 3.05) is 6.54 Å². The van der Waals surface area contributed by atoms with Crippen molar-refractivity contribution in [1.29, 1.82) is 0 Å². The van der Waals surface area contributed by atoms with Crippen LogP contribution < -0.4 is 5.32 Å². The normalized spacial score (nSPS) is 46.8. The van der Waals surface area contributed by atoms with Gasteiger partial charge in [-0.1, -0.05) is 27.7 Å². The number of rotatable bonds is 1. The molecule has 1 heterocycles. The SMILES string of the molecule is CC1CCNC(C2(O)CC(C)CC(C)(C)C2)C1. The molecule has 2 heteroatoms. The van der Waals surface area contributed by atoms with E-state index in [1.54, 1.807) is 0 Å². The summed E-state index contributed by atoms with van der Waals surface area (Å²) < 4.78 is 0. The van der Waals surface area contributed by atoms with Gasteiger partial charge in [-0.15, -0.1) is 0 Å². The molecule has 0 aromatic heterocycles. The lowest BCUT2D eigenvalue weighted by molar-refractivity contribution is -0.0916. The summed E-state index contributed by atoms with van der Waals surface area (Å²) in [6, 6.07) is 0.313. The summed E-state index contributed by atoms with van der Waals surface area (Å²) in [7, 11) is 0. The summed E-state index contributed by atoms with van der Waals surface area (Å²) in [6.45, 7) is 10.3. The number of hydrogen-bond acceptors (Lipinski definition) is 2. The zero-order valence-corrected chi connectivity index (χ0v) is 11.9. The van der Waals surface area contributed by atoms with E-state index < -0.39 is 5.60 Å².